The number of rotatable bonds is 6. The minimum absolute atomic E-state index is 0. The summed E-state index contributed by atoms with van der Waals surface area (Å²) in [7, 11) is 1.79. The molecule has 180 valence electrons. The van der Waals surface area contributed by atoms with Gasteiger partial charge in [0.25, 0.3) is 0 Å². The van der Waals surface area contributed by atoms with Crippen molar-refractivity contribution in [2.24, 2.45) is 4.99 Å². The van der Waals surface area contributed by atoms with Crippen molar-refractivity contribution in [1.82, 2.24) is 20.5 Å². The third-order valence-corrected chi connectivity index (χ3v) is 6.17. The summed E-state index contributed by atoms with van der Waals surface area (Å²) in [4.78, 5) is 13.1. The number of aromatic nitrogens is 1. The molecule has 3 heterocycles. The van der Waals surface area contributed by atoms with E-state index in [4.69, 9.17) is 4.74 Å². The summed E-state index contributed by atoms with van der Waals surface area (Å²) in [5.41, 5.74) is 2.56. The number of nitrogens with one attached hydrogen (secondary N) is 2. The topological polar surface area (TPSA) is 65.0 Å². The molecule has 9 heteroatoms. The second kappa shape index (κ2) is 12.5. The number of anilines is 1. The van der Waals surface area contributed by atoms with E-state index in [9.17, 15) is 4.39 Å². The monoisotopic (exact) mass is 568 g/mol. The van der Waals surface area contributed by atoms with Crippen molar-refractivity contribution in [3.05, 3.63) is 59.5 Å². The number of nitrogens with zero attached hydrogens (tertiary/aromatic N) is 4. The Balaban J connectivity index is 0.00000306. The predicted octanol–water partition coefficient (Wildman–Crippen LogP) is 2.96. The highest BCUT2D eigenvalue weighted by molar-refractivity contribution is 14.0. The van der Waals surface area contributed by atoms with Gasteiger partial charge in [0, 0.05) is 52.0 Å². The van der Waals surface area contributed by atoms with Crippen molar-refractivity contribution in [3.8, 4) is 0 Å². The number of halogens is 2. The van der Waals surface area contributed by atoms with E-state index in [1.165, 1.54) is 17.2 Å². The van der Waals surface area contributed by atoms with Gasteiger partial charge in [-0.2, -0.15) is 0 Å². The predicted molar refractivity (Wildman–Crippen MR) is 141 cm³/mol. The number of aliphatic imine (C=N–C) groups is 1. The Labute approximate surface area is 212 Å². The van der Waals surface area contributed by atoms with Gasteiger partial charge >= 0.3 is 0 Å². The Kier molecular flexibility index (Phi) is 9.69. The van der Waals surface area contributed by atoms with Gasteiger partial charge in [0.2, 0.25) is 0 Å². The first-order chi connectivity index (χ1) is 15.6. The van der Waals surface area contributed by atoms with E-state index in [1.807, 2.05) is 4.90 Å². The van der Waals surface area contributed by atoms with Gasteiger partial charge in [-0.25, -0.2) is 9.37 Å². The Morgan fingerprint density at radius 2 is 2.06 bits per heavy atom. The number of aryl methyl sites for hydroxylation is 1. The van der Waals surface area contributed by atoms with Crippen molar-refractivity contribution in [2.75, 3.05) is 57.9 Å². The maximum absolute atomic E-state index is 14.1. The van der Waals surface area contributed by atoms with Crippen LogP contribution in [-0.2, 0) is 4.74 Å². The molecular formula is C24H34FIN6O. The number of guanidine groups is 1. The lowest BCUT2D eigenvalue weighted by Gasteiger charge is -2.35. The molecule has 0 saturated carbocycles. The van der Waals surface area contributed by atoms with Crippen molar-refractivity contribution >= 4 is 35.8 Å². The number of hydrogen-bond donors (Lipinski definition) is 2. The van der Waals surface area contributed by atoms with Crippen molar-refractivity contribution in [2.45, 2.75) is 25.4 Å². The maximum Gasteiger partial charge on any atom is 0.191 e. The molecule has 7 nitrogen and oxygen atoms in total. The zero-order valence-corrected chi connectivity index (χ0v) is 21.7. The smallest absolute Gasteiger partial charge is 0.191 e. The highest BCUT2D eigenvalue weighted by atomic mass is 127. The van der Waals surface area contributed by atoms with E-state index >= 15 is 0 Å². The lowest BCUT2D eigenvalue weighted by Crippen LogP contribution is -2.49. The molecular weight excluding hydrogens is 534 g/mol. The molecule has 4 rings (SSSR count). The van der Waals surface area contributed by atoms with E-state index in [2.05, 4.69) is 56.7 Å². The van der Waals surface area contributed by atoms with Gasteiger partial charge in [0.1, 0.15) is 0 Å². The second-order valence-electron chi connectivity index (χ2n) is 8.42. The van der Waals surface area contributed by atoms with Crippen LogP contribution in [0.1, 0.15) is 23.6 Å². The van der Waals surface area contributed by atoms with Crippen LogP contribution in [0.5, 0.6) is 0 Å². The fourth-order valence-corrected chi connectivity index (χ4v) is 4.49. The molecule has 2 aliphatic heterocycles. The second-order valence-corrected chi connectivity index (χ2v) is 8.42. The van der Waals surface area contributed by atoms with Crippen LogP contribution < -0.4 is 15.5 Å². The number of morpholine rings is 1. The van der Waals surface area contributed by atoms with Crippen LogP contribution in [0, 0.1) is 12.7 Å². The van der Waals surface area contributed by atoms with Crippen LogP contribution in [0.25, 0.3) is 0 Å². The first-order valence-corrected chi connectivity index (χ1v) is 11.3. The lowest BCUT2D eigenvalue weighted by molar-refractivity contribution is 0.0170. The van der Waals surface area contributed by atoms with Gasteiger partial charge in [-0.15, -0.1) is 24.0 Å². The van der Waals surface area contributed by atoms with Gasteiger partial charge in [-0.1, -0.05) is 29.8 Å². The first kappa shape index (κ1) is 25.6. The fourth-order valence-electron chi connectivity index (χ4n) is 4.49. The molecule has 2 aliphatic rings. The third-order valence-electron chi connectivity index (χ3n) is 6.17. The summed E-state index contributed by atoms with van der Waals surface area (Å²) in [6.07, 6.45) is 2.54. The minimum atomic E-state index is -0.276. The van der Waals surface area contributed by atoms with Gasteiger partial charge < -0.3 is 20.3 Å². The van der Waals surface area contributed by atoms with Crippen LogP contribution in [0.3, 0.4) is 0 Å². The Morgan fingerprint density at radius 3 is 2.79 bits per heavy atom. The Hall–Kier alpha value is -1.98. The number of ether oxygens (including phenoxy) is 1. The molecule has 0 bridgehead atoms. The van der Waals surface area contributed by atoms with Crippen LogP contribution >= 0.6 is 24.0 Å². The van der Waals surface area contributed by atoms with E-state index in [0.29, 0.717) is 12.4 Å². The zero-order chi connectivity index (χ0) is 22.3. The normalized spacial score (nSPS) is 20.3. The lowest BCUT2D eigenvalue weighted by atomic mass is 10.0. The molecule has 2 unspecified atom stereocenters. The number of pyridine rings is 1. The molecule has 0 aliphatic carbocycles. The molecule has 2 saturated heterocycles. The molecule has 2 atom stereocenters. The molecule has 1 aromatic carbocycles. The highest BCUT2D eigenvalue weighted by Crippen LogP contribution is 2.23. The average molecular weight is 568 g/mol. The highest BCUT2D eigenvalue weighted by Gasteiger charge is 2.27. The molecule has 0 radical (unpaired) electrons. The number of hydrogen-bond acceptors (Lipinski definition) is 5. The summed E-state index contributed by atoms with van der Waals surface area (Å²) in [6.45, 7) is 7.69. The number of benzene rings is 1. The van der Waals surface area contributed by atoms with E-state index in [-0.39, 0.29) is 41.9 Å². The Bertz CT molecular complexity index is 923. The van der Waals surface area contributed by atoms with Gasteiger partial charge in [-0.05, 0) is 31.0 Å². The molecule has 1 aromatic heterocycles. The molecule has 33 heavy (non-hydrogen) atoms. The standard InChI is InChI=1S/C24H33FN6O.HI/c1-18-5-3-6-19(15-18)22(30-11-13-32-14-12-30)16-28-24(26-2)29-20-8-10-31(17-20)23-21(25)7-4-9-27-23;/h3-7,9,15,20,22H,8,10-14,16-17H2,1-2H3,(H2,26,28,29);1H. The van der Waals surface area contributed by atoms with Gasteiger partial charge in [0.05, 0.1) is 19.3 Å². The van der Waals surface area contributed by atoms with Crippen molar-refractivity contribution in [1.29, 1.82) is 0 Å². The third kappa shape index (κ3) is 6.77. The quantitative estimate of drug-likeness (QED) is 0.318. The molecule has 2 aromatic rings. The summed E-state index contributed by atoms with van der Waals surface area (Å²) in [6, 6.07) is 12.2. The first-order valence-electron chi connectivity index (χ1n) is 11.3. The molecule has 0 spiro atoms. The zero-order valence-electron chi connectivity index (χ0n) is 19.3. The summed E-state index contributed by atoms with van der Waals surface area (Å²) >= 11 is 0. The summed E-state index contributed by atoms with van der Waals surface area (Å²) in [5, 5.41) is 7.04. The summed E-state index contributed by atoms with van der Waals surface area (Å²) in [5.74, 6) is 0.915. The molecule has 2 N–H and O–H groups in total. The van der Waals surface area contributed by atoms with Crippen LogP contribution in [-0.4, -0.2) is 74.9 Å². The minimum Gasteiger partial charge on any atom is -0.379 e. The van der Waals surface area contributed by atoms with Crippen LogP contribution in [0.4, 0.5) is 10.2 Å². The van der Waals surface area contributed by atoms with Crippen LogP contribution in [0.2, 0.25) is 0 Å². The average Bonchev–Trinajstić information content (AvgIpc) is 3.28. The molecule has 2 fully saturated rings. The summed E-state index contributed by atoms with van der Waals surface area (Å²) < 4.78 is 19.7. The van der Waals surface area contributed by atoms with E-state index in [0.717, 1.165) is 51.8 Å². The van der Waals surface area contributed by atoms with Gasteiger partial charge in [0.15, 0.2) is 17.6 Å². The maximum atomic E-state index is 14.1. The van der Waals surface area contributed by atoms with Gasteiger partial charge in [-0.3, -0.25) is 9.89 Å². The molecule has 0 amide bonds. The van der Waals surface area contributed by atoms with E-state index < -0.39 is 0 Å². The van der Waals surface area contributed by atoms with Crippen molar-refractivity contribution < 1.29 is 9.13 Å². The largest absolute Gasteiger partial charge is 0.379 e. The van der Waals surface area contributed by atoms with Crippen LogP contribution in [0.15, 0.2) is 47.6 Å². The fraction of sp³-hybridized carbons (Fsp3) is 0.500. The SMILES string of the molecule is CN=C(NCC(c1cccc(C)c1)N1CCOCC1)NC1CCN(c2ncccc2F)C1.I. The van der Waals surface area contributed by atoms with E-state index in [1.54, 1.807) is 19.3 Å². The Morgan fingerprint density at radius 1 is 1.24 bits per heavy atom. The van der Waals surface area contributed by atoms with Crippen molar-refractivity contribution in [3.63, 3.8) is 0 Å².